The van der Waals surface area contributed by atoms with E-state index in [1.165, 1.54) is 38.9 Å². The number of nitrogens with zero attached hydrogens (tertiary/aromatic N) is 2. The Morgan fingerprint density at radius 1 is 1.06 bits per heavy atom. The average molecular weight is 239 g/mol. The maximum absolute atomic E-state index is 11.2. The highest BCUT2D eigenvalue weighted by atomic mass is 16.1. The first-order valence-corrected chi connectivity index (χ1v) is 7.00. The van der Waals surface area contributed by atoms with Crippen molar-refractivity contribution in [3.63, 3.8) is 0 Å². The molecular formula is C13H25N3O. The molecule has 4 nitrogen and oxygen atoms in total. The second-order valence-electron chi connectivity index (χ2n) is 5.44. The molecule has 0 aromatic rings. The van der Waals surface area contributed by atoms with Gasteiger partial charge in [-0.25, -0.2) is 0 Å². The molecule has 0 saturated carbocycles. The van der Waals surface area contributed by atoms with Crippen LogP contribution in [0, 0.1) is 5.92 Å². The molecule has 2 N–H and O–H groups in total. The molecule has 2 fully saturated rings. The maximum Gasteiger partial charge on any atom is 0.221 e. The lowest BCUT2D eigenvalue weighted by Crippen LogP contribution is -2.42. The maximum atomic E-state index is 11.2. The quantitative estimate of drug-likeness (QED) is 0.767. The van der Waals surface area contributed by atoms with Gasteiger partial charge in [0, 0.05) is 6.54 Å². The molecule has 2 rings (SSSR count). The number of hydrogen-bond acceptors (Lipinski definition) is 3. The highest BCUT2D eigenvalue weighted by Crippen LogP contribution is 2.16. The Morgan fingerprint density at radius 2 is 1.71 bits per heavy atom. The van der Waals surface area contributed by atoms with Crippen LogP contribution in [-0.2, 0) is 4.79 Å². The smallest absolute Gasteiger partial charge is 0.221 e. The van der Waals surface area contributed by atoms with Crippen LogP contribution in [0.3, 0.4) is 0 Å². The minimum Gasteiger partial charge on any atom is -0.369 e. The molecule has 2 heterocycles. The molecule has 0 bridgehead atoms. The van der Waals surface area contributed by atoms with Gasteiger partial charge in [0.1, 0.15) is 0 Å². The van der Waals surface area contributed by atoms with Crippen LogP contribution >= 0.6 is 0 Å². The Hall–Kier alpha value is -0.610. The van der Waals surface area contributed by atoms with E-state index in [-0.39, 0.29) is 11.8 Å². The monoisotopic (exact) mass is 239 g/mol. The number of carbonyl (C=O) groups excluding carboxylic acids is 1. The van der Waals surface area contributed by atoms with Crippen LogP contribution in [0.4, 0.5) is 0 Å². The molecule has 4 heteroatoms. The number of nitrogens with two attached hydrogens (primary N) is 1. The van der Waals surface area contributed by atoms with Gasteiger partial charge in [-0.3, -0.25) is 4.79 Å². The molecule has 0 aromatic heterocycles. The van der Waals surface area contributed by atoms with Crippen molar-refractivity contribution >= 4 is 5.91 Å². The van der Waals surface area contributed by atoms with E-state index < -0.39 is 0 Å². The molecule has 0 spiro atoms. The van der Waals surface area contributed by atoms with Crippen molar-refractivity contribution < 1.29 is 4.79 Å². The van der Waals surface area contributed by atoms with Crippen molar-refractivity contribution in [1.29, 1.82) is 0 Å². The van der Waals surface area contributed by atoms with Crippen LogP contribution in [0.25, 0.3) is 0 Å². The first-order chi connectivity index (χ1) is 8.25. The molecule has 98 valence electrons. The molecule has 1 amide bonds. The number of rotatable bonds is 5. The zero-order valence-corrected chi connectivity index (χ0v) is 10.7. The summed E-state index contributed by atoms with van der Waals surface area (Å²) < 4.78 is 0. The summed E-state index contributed by atoms with van der Waals surface area (Å²) in [6, 6.07) is 0. The van der Waals surface area contributed by atoms with Crippen LogP contribution < -0.4 is 5.73 Å². The fourth-order valence-electron chi connectivity index (χ4n) is 3.02. The SMILES string of the molecule is NC(=O)C1CCCN(CCCN2CCCC2)C1. The normalized spacial score (nSPS) is 27.4. The molecule has 0 radical (unpaired) electrons. The number of primary amides is 1. The molecule has 17 heavy (non-hydrogen) atoms. The molecule has 0 aromatic carbocycles. The summed E-state index contributed by atoms with van der Waals surface area (Å²) >= 11 is 0. The largest absolute Gasteiger partial charge is 0.369 e. The number of carbonyl (C=O) groups is 1. The second kappa shape index (κ2) is 6.36. The lowest BCUT2D eigenvalue weighted by Gasteiger charge is -2.31. The summed E-state index contributed by atoms with van der Waals surface area (Å²) in [5, 5.41) is 0. The van der Waals surface area contributed by atoms with E-state index in [4.69, 9.17) is 5.73 Å². The van der Waals surface area contributed by atoms with Gasteiger partial charge >= 0.3 is 0 Å². The van der Waals surface area contributed by atoms with E-state index in [9.17, 15) is 4.79 Å². The molecule has 2 aliphatic rings. The number of hydrogen-bond donors (Lipinski definition) is 1. The standard InChI is InChI=1S/C13H25N3O/c14-13(17)12-5-3-8-16(11-12)10-4-9-15-6-1-2-7-15/h12H,1-11H2,(H2,14,17). The van der Waals surface area contributed by atoms with Gasteiger partial charge in [-0.15, -0.1) is 0 Å². The predicted molar refractivity (Wildman–Crippen MR) is 68.6 cm³/mol. The van der Waals surface area contributed by atoms with Gasteiger partial charge in [-0.1, -0.05) is 0 Å². The van der Waals surface area contributed by atoms with Gasteiger partial charge in [0.2, 0.25) is 5.91 Å². The summed E-state index contributed by atoms with van der Waals surface area (Å²) in [4.78, 5) is 16.1. The van der Waals surface area contributed by atoms with Gasteiger partial charge in [0.15, 0.2) is 0 Å². The molecule has 2 aliphatic heterocycles. The Kier molecular flexibility index (Phi) is 4.80. The molecule has 1 atom stereocenters. The van der Waals surface area contributed by atoms with E-state index in [1.807, 2.05) is 0 Å². The highest BCUT2D eigenvalue weighted by molar-refractivity contribution is 5.76. The fourth-order valence-corrected chi connectivity index (χ4v) is 3.02. The van der Waals surface area contributed by atoms with E-state index in [0.717, 1.165) is 32.5 Å². The lowest BCUT2D eigenvalue weighted by molar-refractivity contribution is -0.123. The minimum atomic E-state index is -0.116. The number of piperidine rings is 1. The van der Waals surface area contributed by atoms with Gasteiger partial charge in [-0.2, -0.15) is 0 Å². The first-order valence-electron chi connectivity index (χ1n) is 7.00. The van der Waals surface area contributed by atoms with Crippen molar-refractivity contribution in [3.05, 3.63) is 0 Å². The van der Waals surface area contributed by atoms with E-state index in [2.05, 4.69) is 9.80 Å². The predicted octanol–water partition coefficient (Wildman–Crippen LogP) is 0.670. The fraction of sp³-hybridized carbons (Fsp3) is 0.923. The van der Waals surface area contributed by atoms with E-state index in [1.54, 1.807) is 0 Å². The summed E-state index contributed by atoms with van der Waals surface area (Å²) in [6.07, 6.45) is 6.07. The summed E-state index contributed by atoms with van der Waals surface area (Å²) in [5.41, 5.74) is 5.38. The first kappa shape index (κ1) is 12.8. The van der Waals surface area contributed by atoms with Crippen molar-refractivity contribution in [2.45, 2.75) is 32.1 Å². The third kappa shape index (κ3) is 3.96. The Balaban J connectivity index is 1.62. The van der Waals surface area contributed by atoms with Crippen LogP contribution in [0.2, 0.25) is 0 Å². The number of amides is 1. The van der Waals surface area contributed by atoms with Gasteiger partial charge in [0.25, 0.3) is 0 Å². The Labute approximate surface area is 104 Å². The van der Waals surface area contributed by atoms with Gasteiger partial charge in [-0.05, 0) is 64.8 Å². The van der Waals surface area contributed by atoms with Crippen LogP contribution in [0.5, 0.6) is 0 Å². The average Bonchev–Trinajstić information content (AvgIpc) is 2.82. The highest BCUT2D eigenvalue weighted by Gasteiger charge is 2.23. The lowest BCUT2D eigenvalue weighted by atomic mass is 9.97. The van der Waals surface area contributed by atoms with Crippen molar-refractivity contribution in [2.24, 2.45) is 11.7 Å². The molecule has 1 unspecified atom stereocenters. The number of likely N-dealkylation sites (tertiary alicyclic amines) is 2. The van der Waals surface area contributed by atoms with Crippen molar-refractivity contribution in [2.75, 3.05) is 39.3 Å². The molecular weight excluding hydrogens is 214 g/mol. The molecule has 2 saturated heterocycles. The Morgan fingerprint density at radius 3 is 2.41 bits per heavy atom. The Bertz CT molecular complexity index is 251. The molecule has 0 aliphatic carbocycles. The summed E-state index contributed by atoms with van der Waals surface area (Å²) in [5.74, 6) is -0.0234. The second-order valence-corrected chi connectivity index (χ2v) is 5.44. The third-order valence-electron chi connectivity index (χ3n) is 4.06. The van der Waals surface area contributed by atoms with Crippen LogP contribution in [-0.4, -0.2) is 55.0 Å². The zero-order valence-electron chi connectivity index (χ0n) is 10.7. The van der Waals surface area contributed by atoms with Crippen LogP contribution in [0.15, 0.2) is 0 Å². The van der Waals surface area contributed by atoms with Crippen LogP contribution in [0.1, 0.15) is 32.1 Å². The minimum absolute atomic E-state index is 0.0931. The van der Waals surface area contributed by atoms with Crippen molar-refractivity contribution in [3.8, 4) is 0 Å². The summed E-state index contributed by atoms with van der Waals surface area (Å²) in [7, 11) is 0. The topological polar surface area (TPSA) is 49.6 Å². The van der Waals surface area contributed by atoms with Gasteiger partial charge in [0.05, 0.1) is 5.92 Å². The van der Waals surface area contributed by atoms with E-state index in [0.29, 0.717) is 0 Å². The van der Waals surface area contributed by atoms with Gasteiger partial charge < -0.3 is 15.5 Å². The third-order valence-corrected chi connectivity index (χ3v) is 4.06. The zero-order chi connectivity index (χ0) is 12.1. The summed E-state index contributed by atoms with van der Waals surface area (Å²) in [6.45, 7) is 6.94. The van der Waals surface area contributed by atoms with E-state index >= 15 is 0 Å². The van der Waals surface area contributed by atoms with Crippen molar-refractivity contribution in [1.82, 2.24) is 9.80 Å².